The number of hydrogen-bond donors (Lipinski definition) is 2. The first kappa shape index (κ1) is 22.6. The molecule has 2 aromatic rings. The molecule has 0 radical (unpaired) electrons. The van der Waals surface area contributed by atoms with Gasteiger partial charge in [-0.1, -0.05) is 19.9 Å². The molecule has 2 amide bonds. The summed E-state index contributed by atoms with van der Waals surface area (Å²) in [6.07, 6.45) is 4.53. The van der Waals surface area contributed by atoms with Crippen LogP contribution in [0, 0.1) is 5.92 Å². The van der Waals surface area contributed by atoms with Crippen LogP contribution in [0.2, 0.25) is 0 Å². The van der Waals surface area contributed by atoms with E-state index in [2.05, 4.69) is 46.7 Å². The normalized spacial score (nSPS) is 16.3. The molecule has 2 aromatic carbocycles. The lowest BCUT2D eigenvalue weighted by molar-refractivity contribution is -0.111. The monoisotopic (exact) mass is 420 g/mol. The molecule has 1 fully saturated rings. The first-order valence-corrected chi connectivity index (χ1v) is 10.7. The Labute approximate surface area is 184 Å². The average molecular weight is 421 g/mol. The van der Waals surface area contributed by atoms with E-state index >= 15 is 0 Å². The quantitative estimate of drug-likeness (QED) is 0.658. The third kappa shape index (κ3) is 6.43. The molecule has 1 atom stereocenters. The number of nitrogens with one attached hydrogen (secondary N) is 2. The summed E-state index contributed by atoms with van der Waals surface area (Å²) in [5.41, 5.74) is 3.12. The lowest BCUT2D eigenvalue weighted by atomic mass is 10.1. The molecule has 31 heavy (non-hydrogen) atoms. The SMILES string of the molecule is CC(C)C=CC(=O)Nc1ccc(C(=O)Nc2ccc(N3CCC(N(C)C)C3)cc2)cc1. The third-order valence-electron chi connectivity index (χ3n) is 5.43. The number of carbonyl (C=O) groups excluding carboxylic acids is 2. The highest BCUT2D eigenvalue weighted by molar-refractivity contribution is 6.05. The number of nitrogens with zero attached hydrogens (tertiary/aromatic N) is 2. The fourth-order valence-corrected chi connectivity index (χ4v) is 3.53. The topological polar surface area (TPSA) is 64.7 Å². The molecule has 1 saturated heterocycles. The molecule has 0 saturated carbocycles. The van der Waals surface area contributed by atoms with E-state index in [9.17, 15) is 9.59 Å². The van der Waals surface area contributed by atoms with Gasteiger partial charge < -0.3 is 20.4 Å². The van der Waals surface area contributed by atoms with Crippen LogP contribution in [0.1, 0.15) is 30.6 Å². The van der Waals surface area contributed by atoms with Crippen molar-refractivity contribution >= 4 is 28.9 Å². The van der Waals surface area contributed by atoms with Crippen LogP contribution >= 0.6 is 0 Å². The fraction of sp³-hybridized carbons (Fsp3) is 0.360. The smallest absolute Gasteiger partial charge is 0.255 e. The molecule has 0 aromatic heterocycles. The molecule has 6 heteroatoms. The number of benzene rings is 2. The van der Waals surface area contributed by atoms with Crippen molar-refractivity contribution < 1.29 is 9.59 Å². The van der Waals surface area contributed by atoms with Crippen molar-refractivity contribution in [2.24, 2.45) is 5.92 Å². The van der Waals surface area contributed by atoms with Gasteiger partial charge in [-0.3, -0.25) is 9.59 Å². The van der Waals surface area contributed by atoms with Gasteiger partial charge in [0.25, 0.3) is 5.91 Å². The molecule has 0 aliphatic carbocycles. The molecular weight excluding hydrogens is 388 g/mol. The molecule has 3 rings (SSSR count). The summed E-state index contributed by atoms with van der Waals surface area (Å²) in [4.78, 5) is 29.1. The summed E-state index contributed by atoms with van der Waals surface area (Å²) in [7, 11) is 4.24. The summed E-state index contributed by atoms with van der Waals surface area (Å²) in [6, 6.07) is 15.4. The molecule has 2 N–H and O–H groups in total. The van der Waals surface area contributed by atoms with Crippen LogP contribution < -0.4 is 15.5 Å². The summed E-state index contributed by atoms with van der Waals surface area (Å²) in [6.45, 7) is 6.09. The van der Waals surface area contributed by atoms with Crippen LogP contribution in [0.25, 0.3) is 0 Å². The number of anilines is 3. The van der Waals surface area contributed by atoms with E-state index in [4.69, 9.17) is 0 Å². The van der Waals surface area contributed by atoms with Gasteiger partial charge in [0, 0.05) is 41.8 Å². The third-order valence-corrected chi connectivity index (χ3v) is 5.43. The number of hydrogen-bond acceptors (Lipinski definition) is 4. The summed E-state index contributed by atoms with van der Waals surface area (Å²) < 4.78 is 0. The van der Waals surface area contributed by atoms with Gasteiger partial charge in [0.15, 0.2) is 0 Å². The number of amides is 2. The van der Waals surface area contributed by atoms with Crippen LogP contribution in [0.4, 0.5) is 17.1 Å². The van der Waals surface area contributed by atoms with Crippen molar-refractivity contribution in [2.75, 3.05) is 42.7 Å². The first-order valence-electron chi connectivity index (χ1n) is 10.7. The van der Waals surface area contributed by atoms with E-state index in [1.165, 1.54) is 11.8 Å². The Balaban J connectivity index is 1.55. The van der Waals surface area contributed by atoms with E-state index in [0.717, 1.165) is 25.2 Å². The maximum absolute atomic E-state index is 12.6. The highest BCUT2D eigenvalue weighted by Crippen LogP contribution is 2.24. The van der Waals surface area contributed by atoms with Crippen LogP contribution in [0.3, 0.4) is 0 Å². The first-order chi connectivity index (χ1) is 14.8. The van der Waals surface area contributed by atoms with Crippen molar-refractivity contribution in [2.45, 2.75) is 26.3 Å². The molecule has 6 nitrogen and oxygen atoms in total. The van der Waals surface area contributed by atoms with E-state index in [0.29, 0.717) is 23.2 Å². The van der Waals surface area contributed by atoms with E-state index in [1.54, 1.807) is 24.3 Å². The van der Waals surface area contributed by atoms with Crippen LogP contribution in [0.5, 0.6) is 0 Å². The number of likely N-dealkylation sites (N-methyl/N-ethyl adjacent to an activating group) is 1. The van der Waals surface area contributed by atoms with Gasteiger partial charge >= 0.3 is 0 Å². The zero-order valence-corrected chi connectivity index (χ0v) is 18.8. The van der Waals surface area contributed by atoms with Gasteiger partial charge in [0.2, 0.25) is 5.91 Å². The largest absolute Gasteiger partial charge is 0.370 e. The van der Waals surface area contributed by atoms with Gasteiger partial charge in [-0.25, -0.2) is 0 Å². The minimum atomic E-state index is -0.181. The minimum Gasteiger partial charge on any atom is -0.370 e. The second-order valence-electron chi connectivity index (χ2n) is 8.52. The standard InChI is InChI=1S/C25H32N4O2/c1-18(2)5-14-24(30)26-20-8-6-19(7-9-20)25(31)27-21-10-12-22(13-11-21)29-16-15-23(17-29)28(3)4/h5-14,18,23H,15-17H2,1-4H3,(H,26,30)(H,27,31). The molecular formula is C25H32N4O2. The molecule has 1 aliphatic heterocycles. The lowest BCUT2D eigenvalue weighted by Crippen LogP contribution is -2.31. The zero-order valence-electron chi connectivity index (χ0n) is 18.8. The summed E-state index contributed by atoms with van der Waals surface area (Å²) in [5, 5.41) is 5.72. The second kappa shape index (κ2) is 10.3. The predicted molar refractivity (Wildman–Crippen MR) is 128 cm³/mol. The Morgan fingerprint density at radius 1 is 1.00 bits per heavy atom. The second-order valence-corrected chi connectivity index (χ2v) is 8.52. The lowest BCUT2D eigenvalue weighted by Gasteiger charge is -2.22. The predicted octanol–water partition coefficient (Wildman–Crippen LogP) is 4.23. The fourth-order valence-electron chi connectivity index (χ4n) is 3.53. The number of carbonyl (C=O) groups is 2. The molecule has 1 heterocycles. The molecule has 0 bridgehead atoms. The van der Waals surface area contributed by atoms with Crippen LogP contribution in [0.15, 0.2) is 60.7 Å². The van der Waals surface area contributed by atoms with Gasteiger partial charge in [-0.15, -0.1) is 0 Å². The van der Waals surface area contributed by atoms with Crippen LogP contribution in [-0.2, 0) is 4.79 Å². The van der Waals surface area contributed by atoms with Crippen LogP contribution in [-0.4, -0.2) is 49.9 Å². The highest BCUT2D eigenvalue weighted by Gasteiger charge is 2.23. The van der Waals surface area contributed by atoms with E-state index in [1.807, 2.05) is 32.1 Å². The number of rotatable bonds is 7. The molecule has 1 unspecified atom stereocenters. The van der Waals surface area contributed by atoms with Gasteiger partial charge in [-0.2, -0.15) is 0 Å². The van der Waals surface area contributed by atoms with Gasteiger partial charge in [0.05, 0.1) is 0 Å². The average Bonchev–Trinajstić information content (AvgIpc) is 3.24. The van der Waals surface area contributed by atoms with E-state index in [-0.39, 0.29) is 11.8 Å². The zero-order chi connectivity index (χ0) is 22.4. The minimum absolute atomic E-state index is 0.180. The summed E-state index contributed by atoms with van der Waals surface area (Å²) >= 11 is 0. The Hall–Kier alpha value is -3.12. The van der Waals surface area contributed by atoms with Crippen molar-refractivity contribution in [1.82, 2.24) is 4.90 Å². The Morgan fingerprint density at radius 2 is 1.61 bits per heavy atom. The molecule has 0 spiro atoms. The van der Waals surface area contributed by atoms with E-state index < -0.39 is 0 Å². The summed E-state index contributed by atoms with van der Waals surface area (Å²) in [5.74, 6) is -0.0451. The van der Waals surface area contributed by atoms with Crippen molar-refractivity contribution in [3.63, 3.8) is 0 Å². The maximum atomic E-state index is 12.6. The maximum Gasteiger partial charge on any atom is 0.255 e. The Bertz CT molecular complexity index is 918. The molecule has 1 aliphatic rings. The number of allylic oxidation sites excluding steroid dienone is 1. The Morgan fingerprint density at radius 3 is 2.19 bits per heavy atom. The Kier molecular flexibility index (Phi) is 7.47. The van der Waals surface area contributed by atoms with Gasteiger partial charge in [0.1, 0.15) is 0 Å². The molecule has 164 valence electrons. The highest BCUT2D eigenvalue weighted by atomic mass is 16.2. The van der Waals surface area contributed by atoms with Crippen molar-refractivity contribution in [3.05, 3.63) is 66.2 Å². The van der Waals surface area contributed by atoms with Crippen molar-refractivity contribution in [3.8, 4) is 0 Å². The van der Waals surface area contributed by atoms with Gasteiger partial charge in [-0.05, 0) is 81.0 Å². The van der Waals surface area contributed by atoms with Crippen molar-refractivity contribution in [1.29, 1.82) is 0 Å².